The molecular formula is C57H35N5S. The molecule has 0 N–H and O–H groups in total. The van der Waals surface area contributed by atoms with Gasteiger partial charge in [0.1, 0.15) is 0 Å². The number of aromatic nitrogens is 5. The van der Waals surface area contributed by atoms with Gasteiger partial charge in [-0.3, -0.25) is 0 Å². The highest BCUT2D eigenvalue weighted by atomic mass is 32.1. The maximum absolute atomic E-state index is 5.09. The molecule has 0 atom stereocenters. The van der Waals surface area contributed by atoms with Crippen molar-refractivity contribution in [1.29, 1.82) is 0 Å². The van der Waals surface area contributed by atoms with Crippen molar-refractivity contribution in [2.24, 2.45) is 0 Å². The van der Waals surface area contributed by atoms with Gasteiger partial charge in [0.2, 0.25) is 0 Å². The van der Waals surface area contributed by atoms with Crippen LogP contribution in [0.2, 0.25) is 0 Å². The second-order valence-electron chi connectivity index (χ2n) is 16.0. The van der Waals surface area contributed by atoms with E-state index >= 15 is 0 Å². The summed E-state index contributed by atoms with van der Waals surface area (Å²) in [6.07, 6.45) is 0. The molecule has 294 valence electrons. The minimum absolute atomic E-state index is 0.641. The predicted molar refractivity (Wildman–Crippen MR) is 263 cm³/mol. The van der Waals surface area contributed by atoms with Crippen LogP contribution in [0.4, 0.5) is 0 Å². The Balaban J connectivity index is 1.03. The van der Waals surface area contributed by atoms with Crippen LogP contribution in [0.3, 0.4) is 0 Å². The van der Waals surface area contributed by atoms with E-state index < -0.39 is 0 Å². The van der Waals surface area contributed by atoms with E-state index in [1.165, 1.54) is 64.0 Å². The van der Waals surface area contributed by atoms with Gasteiger partial charge in [-0.25, -0.2) is 15.0 Å². The maximum Gasteiger partial charge on any atom is 0.164 e. The fourth-order valence-corrected chi connectivity index (χ4v) is 10.7. The first kappa shape index (κ1) is 35.6. The molecule has 13 rings (SSSR count). The molecule has 13 aromatic rings. The third-order valence-corrected chi connectivity index (χ3v) is 13.5. The van der Waals surface area contributed by atoms with Crippen LogP contribution in [0, 0.1) is 0 Å². The van der Waals surface area contributed by atoms with Gasteiger partial charge in [-0.2, -0.15) is 0 Å². The minimum atomic E-state index is 0.641. The standard InChI is InChI=1S/C57H35N5S/c1-5-16-36(17-6-1)55-58-56(37-18-7-2-8-19-37)60-57(59-55)39-28-32-50-47(35-39)45-30-31-46-48-34-38(29-33-51(48)63-54(46)53(45)62(50)41-22-11-4-12-23-41)42-25-15-26-44-43-24-13-14-27-49(43)61(52(42)44)40-20-9-3-10-21-40/h1-35H. The largest absolute Gasteiger partial charge is 0.309 e. The normalized spacial score (nSPS) is 11.8. The van der Waals surface area contributed by atoms with Crippen LogP contribution >= 0.6 is 11.3 Å². The quantitative estimate of drug-likeness (QED) is 0.168. The molecule has 0 spiro atoms. The summed E-state index contributed by atoms with van der Waals surface area (Å²) in [5.41, 5.74) is 12.3. The highest BCUT2D eigenvalue weighted by Crippen LogP contribution is 2.46. The second kappa shape index (κ2) is 14.2. The summed E-state index contributed by atoms with van der Waals surface area (Å²) in [6, 6.07) is 75.6. The van der Waals surface area contributed by atoms with Crippen molar-refractivity contribution in [2.45, 2.75) is 0 Å². The summed E-state index contributed by atoms with van der Waals surface area (Å²) >= 11 is 1.87. The topological polar surface area (TPSA) is 48.5 Å². The van der Waals surface area contributed by atoms with Crippen LogP contribution in [0.25, 0.3) is 120 Å². The van der Waals surface area contributed by atoms with E-state index in [4.69, 9.17) is 15.0 Å². The molecule has 63 heavy (non-hydrogen) atoms. The Bertz CT molecular complexity index is 3830. The van der Waals surface area contributed by atoms with Gasteiger partial charge in [-0.1, -0.05) is 152 Å². The molecule has 4 aromatic heterocycles. The van der Waals surface area contributed by atoms with Crippen LogP contribution in [-0.4, -0.2) is 24.1 Å². The summed E-state index contributed by atoms with van der Waals surface area (Å²) in [5, 5.41) is 7.34. The first-order chi connectivity index (χ1) is 31.2. The highest BCUT2D eigenvalue weighted by molar-refractivity contribution is 7.26. The third kappa shape index (κ3) is 5.66. The molecule has 5 nitrogen and oxygen atoms in total. The fraction of sp³-hybridized carbons (Fsp3) is 0. The Hall–Kier alpha value is -8.19. The number of hydrogen-bond acceptors (Lipinski definition) is 4. The van der Waals surface area contributed by atoms with Crippen LogP contribution in [0.15, 0.2) is 212 Å². The van der Waals surface area contributed by atoms with Crippen molar-refractivity contribution >= 4 is 75.1 Å². The van der Waals surface area contributed by atoms with Gasteiger partial charge in [0.15, 0.2) is 17.5 Å². The average Bonchev–Trinajstić information content (AvgIpc) is 4.02. The monoisotopic (exact) mass is 821 g/mol. The lowest BCUT2D eigenvalue weighted by molar-refractivity contribution is 1.07. The van der Waals surface area contributed by atoms with Crippen molar-refractivity contribution in [1.82, 2.24) is 24.1 Å². The van der Waals surface area contributed by atoms with Crippen LogP contribution < -0.4 is 0 Å². The van der Waals surface area contributed by atoms with Crippen molar-refractivity contribution in [2.75, 3.05) is 0 Å². The van der Waals surface area contributed by atoms with E-state index in [1.807, 2.05) is 47.7 Å². The molecule has 0 saturated carbocycles. The molecule has 6 heteroatoms. The van der Waals surface area contributed by atoms with Gasteiger partial charge in [0.25, 0.3) is 0 Å². The molecule has 0 aliphatic carbocycles. The van der Waals surface area contributed by atoms with Gasteiger partial charge in [-0.15, -0.1) is 11.3 Å². The Kier molecular flexibility index (Phi) is 8.01. The van der Waals surface area contributed by atoms with Crippen LogP contribution in [0.1, 0.15) is 0 Å². The second-order valence-corrected chi connectivity index (χ2v) is 17.0. The summed E-state index contributed by atoms with van der Waals surface area (Å²) in [6.45, 7) is 0. The first-order valence-corrected chi connectivity index (χ1v) is 22.0. The Morgan fingerprint density at radius 1 is 0.317 bits per heavy atom. The van der Waals surface area contributed by atoms with Crippen molar-refractivity contribution in [3.8, 4) is 56.7 Å². The van der Waals surface area contributed by atoms with Gasteiger partial charge >= 0.3 is 0 Å². The number of benzene rings is 9. The van der Waals surface area contributed by atoms with Crippen LogP contribution in [0.5, 0.6) is 0 Å². The van der Waals surface area contributed by atoms with Crippen molar-refractivity contribution < 1.29 is 0 Å². The van der Waals surface area contributed by atoms with Crippen LogP contribution in [-0.2, 0) is 0 Å². The molecule has 0 saturated heterocycles. The van der Waals surface area contributed by atoms with Gasteiger partial charge in [0, 0.05) is 70.6 Å². The number of fused-ring (bicyclic) bond motifs is 10. The van der Waals surface area contributed by atoms with Gasteiger partial charge < -0.3 is 9.13 Å². The number of hydrogen-bond donors (Lipinski definition) is 0. The van der Waals surface area contributed by atoms with E-state index in [2.05, 4.69) is 185 Å². The lowest BCUT2D eigenvalue weighted by Crippen LogP contribution is -2.00. The maximum atomic E-state index is 5.09. The predicted octanol–water partition coefficient (Wildman–Crippen LogP) is 15.1. The third-order valence-electron chi connectivity index (χ3n) is 12.4. The average molecular weight is 822 g/mol. The number of nitrogens with zero attached hydrogens (tertiary/aromatic N) is 5. The molecule has 4 heterocycles. The Morgan fingerprint density at radius 3 is 1.51 bits per heavy atom. The Labute approximate surface area is 366 Å². The summed E-state index contributed by atoms with van der Waals surface area (Å²) < 4.78 is 7.38. The first-order valence-electron chi connectivity index (χ1n) is 21.2. The molecule has 0 aliphatic heterocycles. The number of thiophene rings is 1. The lowest BCUT2D eigenvalue weighted by atomic mass is 9.99. The summed E-state index contributed by atoms with van der Waals surface area (Å²) in [4.78, 5) is 15.1. The van der Waals surface area contributed by atoms with E-state index in [-0.39, 0.29) is 0 Å². The SMILES string of the molecule is c1ccc(-c2nc(-c3ccccc3)nc(-c3ccc4c(c3)c3ccc5c6cc(-c7cccc8c9ccccc9n(-c9ccccc9)c78)ccc6sc5c3n4-c3ccccc3)n2)cc1. The number of para-hydroxylation sites is 4. The van der Waals surface area contributed by atoms with Crippen molar-refractivity contribution in [3.63, 3.8) is 0 Å². The molecule has 0 amide bonds. The van der Waals surface area contributed by atoms with E-state index in [0.717, 1.165) is 39.0 Å². The Morgan fingerprint density at radius 2 is 0.825 bits per heavy atom. The summed E-state index contributed by atoms with van der Waals surface area (Å²) in [7, 11) is 0. The molecule has 0 bridgehead atoms. The van der Waals surface area contributed by atoms with Crippen molar-refractivity contribution in [3.05, 3.63) is 212 Å². The zero-order valence-corrected chi connectivity index (χ0v) is 34.7. The molecule has 0 unspecified atom stereocenters. The van der Waals surface area contributed by atoms with E-state index in [0.29, 0.717) is 17.5 Å². The zero-order chi connectivity index (χ0) is 41.4. The smallest absolute Gasteiger partial charge is 0.164 e. The molecule has 9 aromatic carbocycles. The van der Waals surface area contributed by atoms with Gasteiger partial charge in [0.05, 0.1) is 26.8 Å². The zero-order valence-electron chi connectivity index (χ0n) is 33.9. The van der Waals surface area contributed by atoms with E-state index in [9.17, 15) is 0 Å². The molecule has 0 fully saturated rings. The molecule has 0 aliphatic rings. The highest BCUT2D eigenvalue weighted by Gasteiger charge is 2.22. The summed E-state index contributed by atoms with van der Waals surface area (Å²) in [5.74, 6) is 1.94. The fourth-order valence-electron chi connectivity index (χ4n) is 9.52. The molecule has 0 radical (unpaired) electrons. The van der Waals surface area contributed by atoms with Gasteiger partial charge in [-0.05, 0) is 66.2 Å². The minimum Gasteiger partial charge on any atom is -0.309 e. The number of rotatable bonds is 6. The molecular weight excluding hydrogens is 787 g/mol. The van der Waals surface area contributed by atoms with E-state index in [1.54, 1.807) is 0 Å². The lowest BCUT2D eigenvalue weighted by Gasteiger charge is -2.12.